The summed E-state index contributed by atoms with van der Waals surface area (Å²) in [5, 5.41) is 22.6. The minimum atomic E-state index is -0.801. The van der Waals surface area contributed by atoms with E-state index in [2.05, 4.69) is 21.2 Å². The summed E-state index contributed by atoms with van der Waals surface area (Å²) in [5.74, 6) is 0.0475. The highest BCUT2D eigenvalue weighted by molar-refractivity contribution is 9.10. The Bertz CT molecular complexity index is 1330. The van der Waals surface area contributed by atoms with E-state index in [0.29, 0.717) is 28.1 Å². The third-order valence-corrected chi connectivity index (χ3v) is 5.82. The molecule has 3 aromatic carbocycles. The lowest BCUT2D eigenvalue weighted by Gasteiger charge is -2.14. The normalized spacial score (nSPS) is 10.9. The molecule has 0 saturated heterocycles. The van der Waals surface area contributed by atoms with Crippen molar-refractivity contribution >= 4 is 62.5 Å². The van der Waals surface area contributed by atoms with E-state index in [-0.39, 0.29) is 27.0 Å². The summed E-state index contributed by atoms with van der Waals surface area (Å²) in [4.78, 5) is 23.0. The number of methoxy groups -OCH3 is 1. The van der Waals surface area contributed by atoms with Gasteiger partial charge in [-0.25, -0.2) is 0 Å². The van der Waals surface area contributed by atoms with Crippen LogP contribution >= 0.6 is 39.1 Å². The van der Waals surface area contributed by atoms with E-state index in [1.54, 1.807) is 12.1 Å². The lowest BCUT2D eigenvalue weighted by atomic mass is 10.1. The van der Waals surface area contributed by atoms with Gasteiger partial charge in [-0.15, -0.1) is 0 Å². The fourth-order valence-corrected chi connectivity index (χ4v) is 4.12. The molecule has 1 amide bonds. The summed E-state index contributed by atoms with van der Waals surface area (Å²) in [6.45, 7) is 0.313. The van der Waals surface area contributed by atoms with Crippen molar-refractivity contribution < 1.29 is 19.2 Å². The molecule has 1 N–H and O–H groups in total. The van der Waals surface area contributed by atoms with E-state index in [1.807, 2.05) is 36.4 Å². The molecule has 0 aliphatic heterocycles. The number of nitrogens with zero attached hydrogens (tertiary/aromatic N) is 2. The second kappa shape index (κ2) is 11.7. The van der Waals surface area contributed by atoms with Crippen molar-refractivity contribution in [1.82, 2.24) is 0 Å². The van der Waals surface area contributed by atoms with Gasteiger partial charge in [0, 0.05) is 12.1 Å². The van der Waals surface area contributed by atoms with E-state index in [1.165, 1.54) is 13.2 Å². The van der Waals surface area contributed by atoms with Crippen LogP contribution in [0.3, 0.4) is 0 Å². The number of nitro groups is 1. The number of carbonyl (C=O) groups is 1. The van der Waals surface area contributed by atoms with Crippen LogP contribution < -0.4 is 14.8 Å². The Morgan fingerprint density at radius 3 is 2.43 bits per heavy atom. The SMILES string of the molecule is COc1cc(/C=C(\C#N)C(=O)Nc2c(Cl)cc([N+](=O)[O-])cc2Cl)cc(Br)c1OCc1ccccc1. The summed E-state index contributed by atoms with van der Waals surface area (Å²) in [5.41, 5.74) is 0.808. The number of anilines is 1. The maximum Gasteiger partial charge on any atom is 0.272 e. The van der Waals surface area contributed by atoms with Gasteiger partial charge in [0.05, 0.1) is 32.2 Å². The zero-order valence-corrected chi connectivity index (χ0v) is 21.1. The van der Waals surface area contributed by atoms with Crippen molar-refractivity contribution in [2.75, 3.05) is 12.4 Å². The van der Waals surface area contributed by atoms with Gasteiger partial charge in [0.25, 0.3) is 11.6 Å². The first-order valence-corrected chi connectivity index (χ1v) is 11.4. The molecule has 0 bridgehead atoms. The predicted molar refractivity (Wildman–Crippen MR) is 137 cm³/mol. The summed E-state index contributed by atoms with van der Waals surface area (Å²) < 4.78 is 11.9. The van der Waals surface area contributed by atoms with Crippen LogP contribution in [0, 0.1) is 21.4 Å². The molecule has 0 atom stereocenters. The summed E-state index contributed by atoms with van der Waals surface area (Å²) >= 11 is 15.5. The van der Waals surface area contributed by atoms with Crippen molar-refractivity contribution in [1.29, 1.82) is 5.26 Å². The van der Waals surface area contributed by atoms with Gasteiger partial charge in [-0.1, -0.05) is 53.5 Å². The smallest absolute Gasteiger partial charge is 0.272 e. The highest BCUT2D eigenvalue weighted by Gasteiger charge is 2.19. The number of nitro benzene ring substituents is 1. The van der Waals surface area contributed by atoms with E-state index in [9.17, 15) is 20.2 Å². The number of carbonyl (C=O) groups excluding carboxylic acids is 1. The van der Waals surface area contributed by atoms with Crippen LogP contribution in [0.1, 0.15) is 11.1 Å². The quantitative estimate of drug-likeness (QED) is 0.136. The molecule has 0 aliphatic rings. The molecular formula is C24H16BrCl2N3O5. The van der Waals surface area contributed by atoms with Crippen LogP contribution in [-0.2, 0) is 11.4 Å². The molecule has 0 radical (unpaired) electrons. The molecular weight excluding hydrogens is 561 g/mol. The van der Waals surface area contributed by atoms with Crippen LogP contribution in [0.5, 0.6) is 11.5 Å². The number of halogens is 3. The lowest BCUT2D eigenvalue weighted by molar-refractivity contribution is -0.384. The number of rotatable bonds is 8. The zero-order valence-electron chi connectivity index (χ0n) is 18.1. The van der Waals surface area contributed by atoms with Crippen LogP contribution in [0.15, 0.2) is 64.6 Å². The van der Waals surface area contributed by atoms with Gasteiger partial charge in [0.2, 0.25) is 0 Å². The van der Waals surface area contributed by atoms with Crippen LogP contribution in [0.4, 0.5) is 11.4 Å². The minimum absolute atomic E-state index is 0.0477. The highest BCUT2D eigenvalue weighted by Crippen LogP contribution is 2.38. The van der Waals surface area contributed by atoms with E-state index in [0.717, 1.165) is 17.7 Å². The average Bonchev–Trinajstić information content (AvgIpc) is 2.84. The maximum atomic E-state index is 12.7. The number of amides is 1. The van der Waals surface area contributed by atoms with Crippen LogP contribution in [0.2, 0.25) is 10.0 Å². The Hall–Kier alpha value is -3.58. The first-order valence-electron chi connectivity index (χ1n) is 9.84. The summed E-state index contributed by atoms with van der Waals surface area (Å²) in [6, 6.07) is 16.8. The molecule has 0 saturated carbocycles. The fourth-order valence-electron chi connectivity index (χ4n) is 2.97. The van der Waals surface area contributed by atoms with Gasteiger partial charge in [-0.05, 0) is 45.3 Å². The molecule has 0 heterocycles. The standard InChI is InChI=1S/C24H16BrCl2N3O5/c1-34-21-9-15(8-18(25)23(21)35-13-14-5-3-2-4-6-14)7-16(12-28)24(31)29-22-19(26)10-17(30(32)33)11-20(22)27/h2-11H,13H2,1H3,(H,29,31)/b16-7+. The van der Waals surface area contributed by atoms with Crippen molar-refractivity contribution in [3.63, 3.8) is 0 Å². The van der Waals surface area contributed by atoms with Gasteiger partial charge >= 0.3 is 0 Å². The number of nitriles is 1. The van der Waals surface area contributed by atoms with Gasteiger partial charge < -0.3 is 14.8 Å². The second-order valence-electron chi connectivity index (χ2n) is 6.97. The third-order valence-electron chi connectivity index (χ3n) is 4.63. The number of hydrogen-bond acceptors (Lipinski definition) is 6. The van der Waals surface area contributed by atoms with Gasteiger partial charge in [0.1, 0.15) is 18.2 Å². The Labute approximate surface area is 219 Å². The zero-order chi connectivity index (χ0) is 25.5. The average molecular weight is 577 g/mol. The maximum absolute atomic E-state index is 12.7. The second-order valence-corrected chi connectivity index (χ2v) is 8.64. The Kier molecular flexibility index (Phi) is 8.71. The summed E-state index contributed by atoms with van der Waals surface area (Å²) in [7, 11) is 1.47. The first kappa shape index (κ1) is 26.0. The Morgan fingerprint density at radius 2 is 1.86 bits per heavy atom. The minimum Gasteiger partial charge on any atom is -0.493 e. The summed E-state index contributed by atoms with van der Waals surface area (Å²) in [6.07, 6.45) is 1.34. The van der Waals surface area contributed by atoms with Crippen molar-refractivity contribution in [2.45, 2.75) is 6.61 Å². The molecule has 0 aliphatic carbocycles. The van der Waals surface area contributed by atoms with Gasteiger partial charge in [-0.3, -0.25) is 14.9 Å². The predicted octanol–water partition coefficient (Wildman–Crippen LogP) is 6.80. The molecule has 35 heavy (non-hydrogen) atoms. The highest BCUT2D eigenvalue weighted by atomic mass is 79.9. The molecule has 3 aromatic rings. The van der Waals surface area contributed by atoms with Gasteiger partial charge in [-0.2, -0.15) is 5.26 Å². The number of benzene rings is 3. The van der Waals surface area contributed by atoms with E-state index >= 15 is 0 Å². The Balaban J connectivity index is 1.85. The van der Waals surface area contributed by atoms with E-state index < -0.39 is 10.8 Å². The fraction of sp³-hybridized carbons (Fsp3) is 0.0833. The molecule has 0 fully saturated rings. The third kappa shape index (κ3) is 6.51. The molecule has 11 heteroatoms. The van der Waals surface area contributed by atoms with Crippen molar-refractivity contribution in [3.8, 4) is 17.6 Å². The molecule has 8 nitrogen and oxygen atoms in total. The number of nitrogens with one attached hydrogen (secondary N) is 1. The van der Waals surface area contributed by atoms with Gasteiger partial charge in [0.15, 0.2) is 11.5 Å². The van der Waals surface area contributed by atoms with Crippen LogP contribution in [0.25, 0.3) is 6.08 Å². The molecule has 178 valence electrons. The van der Waals surface area contributed by atoms with Crippen LogP contribution in [-0.4, -0.2) is 17.9 Å². The Morgan fingerprint density at radius 1 is 1.20 bits per heavy atom. The number of hydrogen-bond donors (Lipinski definition) is 1. The molecule has 0 unspecified atom stereocenters. The molecule has 3 rings (SSSR count). The topological polar surface area (TPSA) is 114 Å². The molecule has 0 spiro atoms. The van der Waals surface area contributed by atoms with Crippen molar-refractivity contribution in [3.05, 3.63) is 95.9 Å². The lowest BCUT2D eigenvalue weighted by Crippen LogP contribution is -2.14. The monoisotopic (exact) mass is 575 g/mol. The van der Waals surface area contributed by atoms with E-state index in [4.69, 9.17) is 32.7 Å². The first-order chi connectivity index (χ1) is 16.7. The number of ether oxygens (including phenoxy) is 2. The number of non-ortho nitro benzene ring substituents is 1. The molecule has 0 aromatic heterocycles. The largest absolute Gasteiger partial charge is 0.493 e. The van der Waals surface area contributed by atoms with Crippen molar-refractivity contribution in [2.24, 2.45) is 0 Å².